The first-order valence-corrected chi connectivity index (χ1v) is 3.25. The minimum absolute atomic E-state index is 0.535. The largest absolute Gasteiger partial charge is 0.401 e. The molecule has 0 aliphatic carbocycles. The van der Waals surface area contributed by atoms with Gasteiger partial charge in [0.25, 0.3) is 0 Å². The summed E-state index contributed by atoms with van der Waals surface area (Å²) in [5.74, 6) is 0. The first kappa shape index (κ1) is 8.47. The molecule has 0 heterocycles. The molecule has 0 saturated carbocycles. The Hall–Kier alpha value is 0.470. The molecule has 0 bridgehead atoms. The van der Waals surface area contributed by atoms with Gasteiger partial charge >= 0.3 is 3.98 Å². The van der Waals surface area contributed by atoms with E-state index in [-0.39, 0.29) is 0 Å². The molecule has 0 aliphatic heterocycles. The Labute approximate surface area is 64.3 Å². The van der Waals surface area contributed by atoms with Crippen molar-refractivity contribution >= 4 is 38.9 Å². The Kier molecular flexibility index (Phi) is 5.93. The lowest BCUT2D eigenvalue weighted by Gasteiger charge is -1.91. The second-order valence-electron chi connectivity index (χ2n) is 0.624. The van der Waals surface area contributed by atoms with Crippen molar-refractivity contribution in [2.75, 3.05) is 7.11 Å². The smallest absolute Gasteiger partial charge is 0.292 e. The summed E-state index contributed by atoms with van der Waals surface area (Å²) in [4.78, 5) is 13.9. The maximum atomic E-state index is 9.89. The Bertz CT molecular complexity index is 76.4. The highest BCUT2D eigenvalue weighted by molar-refractivity contribution is 14.1. The van der Waals surface area contributed by atoms with E-state index < -0.39 is 3.98 Å². The van der Waals surface area contributed by atoms with Crippen LogP contribution in [0.15, 0.2) is 0 Å². The highest BCUT2D eigenvalue weighted by Gasteiger charge is 1.93. The molecule has 0 aromatic heterocycles. The third kappa shape index (κ3) is 6.47. The molecule has 0 N–H and O–H groups in total. The van der Waals surface area contributed by atoms with Crippen LogP contribution >= 0.6 is 34.9 Å². The van der Waals surface area contributed by atoms with E-state index in [0.29, 0.717) is 12.3 Å². The van der Waals surface area contributed by atoms with Gasteiger partial charge in [-0.1, -0.05) is 4.33 Å². The van der Waals surface area contributed by atoms with E-state index in [4.69, 9.17) is 0 Å². The fraction of sp³-hybridized carbons (Fsp3) is 0.500. The number of rotatable bonds is 3. The molecule has 0 atom stereocenters. The van der Waals surface area contributed by atoms with Crippen LogP contribution in [0.3, 0.4) is 0 Å². The zero-order valence-corrected chi connectivity index (χ0v) is 6.89. The second-order valence-corrected chi connectivity index (χ2v) is 2.11. The maximum Gasteiger partial charge on any atom is 0.401 e. The van der Waals surface area contributed by atoms with E-state index in [0.717, 1.165) is 0 Å². The molecule has 4 nitrogen and oxygen atoms in total. The summed E-state index contributed by atoms with van der Waals surface area (Å²) in [6.45, 7) is 0. The van der Waals surface area contributed by atoms with Gasteiger partial charge in [-0.25, -0.2) is 4.79 Å². The SMILES string of the molecule is COSOOC(=O)I. The van der Waals surface area contributed by atoms with Crippen molar-refractivity contribution in [2.24, 2.45) is 0 Å². The van der Waals surface area contributed by atoms with Crippen molar-refractivity contribution in [3.8, 4) is 0 Å². The van der Waals surface area contributed by atoms with Crippen LogP contribution in [-0.4, -0.2) is 11.1 Å². The fourth-order valence-electron chi connectivity index (χ4n) is 0.0684. The first-order valence-electron chi connectivity index (χ1n) is 1.51. The van der Waals surface area contributed by atoms with E-state index in [1.165, 1.54) is 29.7 Å². The third-order valence-corrected chi connectivity index (χ3v) is 0.635. The minimum Gasteiger partial charge on any atom is -0.292 e. The van der Waals surface area contributed by atoms with Crippen molar-refractivity contribution < 1.29 is 18.2 Å². The van der Waals surface area contributed by atoms with Crippen LogP contribution in [0.1, 0.15) is 0 Å². The van der Waals surface area contributed by atoms with Crippen molar-refractivity contribution in [2.45, 2.75) is 0 Å². The summed E-state index contributed by atoms with van der Waals surface area (Å²) < 4.78 is 7.85. The van der Waals surface area contributed by atoms with Gasteiger partial charge in [0.1, 0.15) is 0 Å². The molecular weight excluding hydrogens is 247 g/mol. The summed E-state index contributed by atoms with van der Waals surface area (Å²) in [7, 11) is 1.39. The average molecular weight is 250 g/mol. The van der Waals surface area contributed by atoms with Crippen LogP contribution in [0.2, 0.25) is 0 Å². The molecule has 0 rings (SSSR count). The van der Waals surface area contributed by atoms with E-state index in [1.54, 1.807) is 0 Å². The van der Waals surface area contributed by atoms with Gasteiger partial charge in [0.15, 0.2) is 0 Å². The normalized spacial score (nSPS) is 8.75. The Morgan fingerprint density at radius 3 is 2.75 bits per heavy atom. The van der Waals surface area contributed by atoms with Crippen LogP contribution in [0.4, 0.5) is 4.79 Å². The molecule has 0 fully saturated rings. The zero-order valence-electron chi connectivity index (χ0n) is 3.92. The summed E-state index contributed by atoms with van der Waals surface area (Å²) in [5, 5.41) is 0. The molecule has 0 aromatic rings. The zero-order chi connectivity index (χ0) is 6.41. The molecule has 6 heteroatoms. The molecule has 48 valence electrons. The molecule has 0 aliphatic rings. The van der Waals surface area contributed by atoms with Crippen molar-refractivity contribution in [3.63, 3.8) is 0 Å². The molecule has 8 heavy (non-hydrogen) atoms. The third-order valence-electron chi connectivity index (χ3n) is 0.195. The lowest BCUT2D eigenvalue weighted by Crippen LogP contribution is -1.87. The van der Waals surface area contributed by atoms with Gasteiger partial charge in [0.05, 0.1) is 29.7 Å². The van der Waals surface area contributed by atoms with Gasteiger partial charge in [-0.3, -0.25) is 9.07 Å². The molecule has 0 unspecified atom stereocenters. The molecule has 0 saturated heterocycles. The van der Waals surface area contributed by atoms with E-state index >= 15 is 0 Å². The standard InChI is InChI=1S/C2H3IO4S/c1-5-8-7-6-2(3)4/h1H3. The Morgan fingerprint density at radius 1 is 1.75 bits per heavy atom. The lowest BCUT2D eigenvalue weighted by molar-refractivity contribution is -0.115. The summed E-state index contributed by atoms with van der Waals surface area (Å²) >= 11 is 2.02. The number of hydrogen-bond donors (Lipinski definition) is 0. The van der Waals surface area contributed by atoms with Gasteiger partial charge < -0.3 is 0 Å². The fourth-order valence-corrected chi connectivity index (χ4v) is 0.425. The Morgan fingerprint density at radius 2 is 2.38 bits per heavy atom. The summed E-state index contributed by atoms with van der Waals surface area (Å²) in [6, 6.07) is 0. The van der Waals surface area contributed by atoms with Crippen LogP contribution in [0.25, 0.3) is 0 Å². The topological polar surface area (TPSA) is 44.8 Å². The van der Waals surface area contributed by atoms with E-state index in [9.17, 15) is 4.79 Å². The van der Waals surface area contributed by atoms with Gasteiger partial charge in [-0.15, -0.1) is 0 Å². The van der Waals surface area contributed by atoms with Crippen LogP contribution in [-0.2, 0) is 13.4 Å². The molecular formula is C2H3IO4S. The van der Waals surface area contributed by atoms with Crippen molar-refractivity contribution in [3.05, 3.63) is 0 Å². The van der Waals surface area contributed by atoms with E-state index in [2.05, 4.69) is 13.4 Å². The predicted molar refractivity (Wildman–Crippen MR) is 36.2 cm³/mol. The van der Waals surface area contributed by atoms with Crippen LogP contribution in [0, 0.1) is 0 Å². The number of hydrogen-bond acceptors (Lipinski definition) is 5. The predicted octanol–water partition coefficient (Wildman–Crippen LogP) is 1.70. The number of halogens is 1. The van der Waals surface area contributed by atoms with Gasteiger partial charge in [0.2, 0.25) is 12.3 Å². The van der Waals surface area contributed by atoms with Crippen molar-refractivity contribution in [1.29, 1.82) is 0 Å². The van der Waals surface area contributed by atoms with Crippen molar-refractivity contribution in [1.82, 2.24) is 0 Å². The van der Waals surface area contributed by atoms with E-state index in [1.807, 2.05) is 0 Å². The molecule has 0 aromatic carbocycles. The molecule has 0 amide bonds. The average Bonchev–Trinajstić information content (AvgIpc) is 1.66. The quantitative estimate of drug-likeness (QED) is 0.190. The summed E-state index contributed by atoms with van der Waals surface area (Å²) in [6.07, 6.45) is 0. The number of carbonyl (C=O) groups excluding carboxylic acids is 1. The summed E-state index contributed by atoms with van der Waals surface area (Å²) in [5.41, 5.74) is 0. The molecule has 0 spiro atoms. The Balaban J connectivity index is 2.82. The maximum absolute atomic E-state index is 9.89. The minimum atomic E-state index is -0.535. The highest BCUT2D eigenvalue weighted by Crippen LogP contribution is 2.04. The van der Waals surface area contributed by atoms with Crippen LogP contribution in [0.5, 0.6) is 0 Å². The second kappa shape index (κ2) is 5.60. The van der Waals surface area contributed by atoms with Crippen LogP contribution < -0.4 is 0 Å². The van der Waals surface area contributed by atoms with Gasteiger partial charge in [0, 0.05) is 0 Å². The monoisotopic (exact) mass is 250 g/mol. The van der Waals surface area contributed by atoms with Gasteiger partial charge in [-0.2, -0.15) is 0 Å². The number of carbonyl (C=O) groups is 1. The highest BCUT2D eigenvalue weighted by atomic mass is 127. The molecule has 0 radical (unpaired) electrons. The van der Waals surface area contributed by atoms with Gasteiger partial charge in [-0.05, 0) is 0 Å². The first-order chi connectivity index (χ1) is 3.77. The lowest BCUT2D eigenvalue weighted by atomic mass is 11.6.